The average Bonchev–Trinajstić information content (AvgIpc) is 3.43. The Labute approximate surface area is 225 Å². The molecule has 2 saturated heterocycles. The van der Waals surface area contributed by atoms with Crippen molar-refractivity contribution in [1.82, 2.24) is 9.80 Å². The predicted octanol–water partition coefficient (Wildman–Crippen LogP) is 5.79. The summed E-state index contributed by atoms with van der Waals surface area (Å²) in [6, 6.07) is 27.1. The Morgan fingerprint density at radius 2 is 1.39 bits per heavy atom. The topological polar surface area (TPSA) is 54.0 Å². The van der Waals surface area contributed by atoms with E-state index >= 15 is 0 Å². The fraction of sp³-hybridized carbons (Fsp3) is 0.406. The van der Waals surface area contributed by atoms with Crippen LogP contribution in [0.5, 0.6) is 0 Å². The lowest BCUT2D eigenvalue weighted by Crippen LogP contribution is -2.48. The molecule has 6 rings (SSSR count). The van der Waals surface area contributed by atoms with Crippen LogP contribution in [0.2, 0.25) is 0 Å². The highest BCUT2D eigenvalue weighted by Gasteiger charge is 2.40. The summed E-state index contributed by atoms with van der Waals surface area (Å²) in [6.07, 6.45) is 4.16. The van der Waals surface area contributed by atoms with E-state index in [0.29, 0.717) is 5.92 Å². The van der Waals surface area contributed by atoms with Gasteiger partial charge in [-0.15, -0.1) is 0 Å². The number of nitrogens with one attached hydrogen (secondary N) is 1. The SMILES string of the molecule is O=C(c1ccc(Nc2ccc(C3CCC4(CC3)OCCO4)cc2)cc1)N1CCN(Cc2ccccc2)CC1. The van der Waals surface area contributed by atoms with Crippen LogP contribution in [0, 0.1) is 0 Å². The van der Waals surface area contributed by atoms with Crippen LogP contribution in [-0.2, 0) is 16.0 Å². The molecule has 1 saturated carbocycles. The van der Waals surface area contributed by atoms with E-state index in [1.54, 1.807) is 0 Å². The summed E-state index contributed by atoms with van der Waals surface area (Å²) in [5.74, 6) is 0.373. The summed E-state index contributed by atoms with van der Waals surface area (Å²) in [6.45, 7) is 5.73. The minimum absolute atomic E-state index is 0.114. The molecule has 0 atom stereocenters. The number of nitrogens with zero attached hydrogens (tertiary/aromatic N) is 2. The molecule has 198 valence electrons. The molecule has 6 nitrogen and oxygen atoms in total. The van der Waals surface area contributed by atoms with Gasteiger partial charge in [-0.3, -0.25) is 9.69 Å². The van der Waals surface area contributed by atoms with Crippen LogP contribution in [0.25, 0.3) is 0 Å². The lowest BCUT2D eigenvalue weighted by atomic mass is 9.81. The second-order valence-electron chi connectivity index (χ2n) is 10.8. The number of carbonyl (C=O) groups is 1. The monoisotopic (exact) mass is 511 g/mol. The van der Waals surface area contributed by atoms with Crippen molar-refractivity contribution in [1.29, 1.82) is 0 Å². The van der Waals surface area contributed by atoms with Crippen molar-refractivity contribution < 1.29 is 14.3 Å². The number of amides is 1. The molecule has 3 aromatic carbocycles. The second-order valence-corrected chi connectivity index (χ2v) is 10.8. The predicted molar refractivity (Wildman–Crippen MR) is 150 cm³/mol. The summed E-state index contributed by atoms with van der Waals surface area (Å²) in [7, 11) is 0. The number of piperazine rings is 1. The summed E-state index contributed by atoms with van der Waals surface area (Å²) in [5.41, 5.74) is 5.48. The minimum Gasteiger partial charge on any atom is -0.356 e. The molecule has 0 bridgehead atoms. The molecule has 0 radical (unpaired) electrons. The van der Waals surface area contributed by atoms with Crippen molar-refractivity contribution >= 4 is 17.3 Å². The van der Waals surface area contributed by atoms with Crippen LogP contribution in [0.15, 0.2) is 78.9 Å². The Morgan fingerprint density at radius 1 is 0.789 bits per heavy atom. The van der Waals surface area contributed by atoms with Crippen LogP contribution in [0.3, 0.4) is 0 Å². The van der Waals surface area contributed by atoms with Gasteiger partial charge >= 0.3 is 0 Å². The zero-order valence-electron chi connectivity index (χ0n) is 22.0. The van der Waals surface area contributed by atoms with Gasteiger partial charge in [-0.2, -0.15) is 0 Å². The first-order valence-corrected chi connectivity index (χ1v) is 14.0. The number of anilines is 2. The third kappa shape index (κ3) is 5.78. The fourth-order valence-corrected chi connectivity index (χ4v) is 6.01. The molecular formula is C32H37N3O3. The van der Waals surface area contributed by atoms with Crippen LogP contribution in [0.1, 0.15) is 53.1 Å². The van der Waals surface area contributed by atoms with Crippen LogP contribution in [-0.4, -0.2) is 60.9 Å². The largest absolute Gasteiger partial charge is 0.356 e. The lowest BCUT2D eigenvalue weighted by Gasteiger charge is -2.35. The van der Waals surface area contributed by atoms with E-state index in [1.165, 1.54) is 11.1 Å². The molecule has 1 aliphatic carbocycles. The molecule has 0 unspecified atom stereocenters. The van der Waals surface area contributed by atoms with Crippen LogP contribution >= 0.6 is 0 Å². The van der Waals surface area contributed by atoms with Gasteiger partial charge in [0.05, 0.1) is 13.2 Å². The maximum absolute atomic E-state index is 13.1. The smallest absolute Gasteiger partial charge is 0.253 e. The van der Waals surface area contributed by atoms with Crippen molar-refractivity contribution in [2.24, 2.45) is 0 Å². The van der Waals surface area contributed by atoms with Gasteiger partial charge in [0.25, 0.3) is 5.91 Å². The molecule has 3 aromatic rings. The first-order valence-electron chi connectivity index (χ1n) is 14.0. The van der Waals surface area contributed by atoms with E-state index in [4.69, 9.17) is 9.47 Å². The van der Waals surface area contributed by atoms with Crippen molar-refractivity contribution in [2.45, 2.75) is 43.9 Å². The summed E-state index contributed by atoms with van der Waals surface area (Å²) in [5, 5.41) is 3.48. The Balaban J connectivity index is 0.986. The molecule has 38 heavy (non-hydrogen) atoms. The summed E-state index contributed by atoms with van der Waals surface area (Å²) >= 11 is 0. The van der Waals surface area contributed by atoms with Gasteiger partial charge in [0.2, 0.25) is 0 Å². The first kappa shape index (κ1) is 25.1. The highest BCUT2D eigenvalue weighted by Crippen LogP contribution is 2.42. The zero-order valence-corrected chi connectivity index (χ0v) is 22.0. The summed E-state index contributed by atoms with van der Waals surface area (Å²) < 4.78 is 11.7. The third-order valence-electron chi connectivity index (χ3n) is 8.27. The van der Waals surface area contributed by atoms with Crippen molar-refractivity contribution in [3.8, 4) is 0 Å². The Hall–Kier alpha value is -3.19. The molecule has 2 heterocycles. The Kier molecular flexibility index (Phi) is 7.45. The third-order valence-corrected chi connectivity index (χ3v) is 8.27. The maximum Gasteiger partial charge on any atom is 0.253 e. The molecule has 0 aromatic heterocycles. The van der Waals surface area contributed by atoms with Crippen molar-refractivity contribution in [3.05, 3.63) is 95.6 Å². The number of rotatable bonds is 6. The molecule has 2 aliphatic heterocycles. The minimum atomic E-state index is -0.303. The Morgan fingerprint density at radius 3 is 2.03 bits per heavy atom. The van der Waals surface area contributed by atoms with Crippen molar-refractivity contribution in [2.75, 3.05) is 44.7 Å². The molecule has 6 heteroatoms. The van der Waals surface area contributed by atoms with E-state index in [0.717, 1.165) is 88.6 Å². The standard InChI is InChI=1S/C32H37N3O3/c36-31(35-20-18-34(19-21-35)24-25-4-2-1-3-5-25)28-8-12-30(13-9-28)33-29-10-6-26(7-11-29)27-14-16-32(17-15-27)37-22-23-38-32/h1-13,27,33H,14-24H2. The highest BCUT2D eigenvalue weighted by molar-refractivity contribution is 5.94. The van der Waals surface area contributed by atoms with Gasteiger partial charge in [0.1, 0.15) is 0 Å². The van der Waals surface area contributed by atoms with Gasteiger partial charge in [-0.05, 0) is 66.3 Å². The van der Waals surface area contributed by atoms with E-state index in [9.17, 15) is 4.79 Å². The molecule has 3 aliphatic rings. The van der Waals surface area contributed by atoms with Crippen LogP contribution < -0.4 is 5.32 Å². The van der Waals surface area contributed by atoms with Crippen molar-refractivity contribution in [3.63, 3.8) is 0 Å². The van der Waals surface area contributed by atoms with E-state index in [1.807, 2.05) is 35.2 Å². The second kappa shape index (κ2) is 11.3. The van der Waals surface area contributed by atoms with Gasteiger partial charge in [-0.25, -0.2) is 0 Å². The van der Waals surface area contributed by atoms with Gasteiger partial charge < -0.3 is 19.7 Å². The molecule has 3 fully saturated rings. The Bertz CT molecular complexity index is 1190. The van der Waals surface area contributed by atoms with Gasteiger partial charge in [0.15, 0.2) is 5.79 Å². The highest BCUT2D eigenvalue weighted by atomic mass is 16.7. The first-order chi connectivity index (χ1) is 18.7. The average molecular weight is 512 g/mol. The van der Waals surface area contributed by atoms with Gasteiger partial charge in [-0.1, -0.05) is 42.5 Å². The normalized spacial score (nSPS) is 20.1. The fourth-order valence-electron chi connectivity index (χ4n) is 6.01. The quantitative estimate of drug-likeness (QED) is 0.454. The van der Waals surface area contributed by atoms with E-state index in [2.05, 4.69) is 58.7 Å². The molecule has 1 amide bonds. The summed E-state index contributed by atoms with van der Waals surface area (Å²) in [4.78, 5) is 17.5. The number of hydrogen-bond donors (Lipinski definition) is 1. The molecule has 1 N–H and O–H groups in total. The number of hydrogen-bond acceptors (Lipinski definition) is 5. The van der Waals surface area contributed by atoms with E-state index < -0.39 is 0 Å². The zero-order chi connectivity index (χ0) is 25.8. The number of ether oxygens (including phenoxy) is 2. The number of benzene rings is 3. The lowest BCUT2D eigenvalue weighted by molar-refractivity contribution is -0.178. The van der Waals surface area contributed by atoms with Gasteiger partial charge in [0, 0.05) is 62.5 Å². The molecular weight excluding hydrogens is 474 g/mol. The molecule has 1 spiro atoms. The van der Waals surface area contributed by atoms with Crippen LogP contribution in [0.4, 0.5) is 11.4 Å². The maximum atomic E-state index is 13.1. The number of carbonyl (C=O) groups excluding carboxylic acids is 1. The van der Waals surface area contributed by atoms with E-state index in [-0.39, 0.29) is 11.7 Å².